The van der Waals surface area contributed by atoms with Crippen LogP contribution in [0.1, 0.15) is 13.3 Å². The van der Waals surface area contributed by atoms with Crippen LogP contribution in [0.15, 0.2) is 16.6 Å². The van der Waals surface area contributed by atoms with Gasteiger partial charge in [0.2, 0.25) is 0 Å². The van der Waals surface area contributed by atoms with Crippen LogP contribution in [0.25, 0.3) is 0 Å². The smallest absolute Gasteiger partial charge is 0.0531 e. The molecule has 2 rings (SSSR count). The Labute approximate surface area is 61.0 Å². The third-order valence-corrected chi connectivity index (χ3v) is 2.06. The van der Waals surface area contributed by atoms with Crippen LogP contribution in [0.4, 0.5) is 0 Å². The molecule has 1 N–H and O–H groups in total. The van der Waals surface area contributed by atoms with E-state index in [1.54, 1.807) is 0 Å². The van der Waals surface area contributed by atoms with Gasteiger partial charge in [0.15, 0.2) is 0 Å². The molecule has 1 fully saturated rings. The molecule has 0 aliphatic carbocycles. The maximum absolute atomic E-state index is 4.53. The van der Waals surface area contributed by atoms with Gasteiger partial charge < -0.3 is 5.32 Å². The topological polar surface area (TPSA) is 24.4 Å². The monoisotopic (exact) mass is 136 g/mol. The Kier molecular flexibility index (Phi) is 1.34. The first-order chi connectivity index (χ1) is 4.86. The Morgan fingerprint density at radius 3 is 3.40 bits per heavy atom. The molecule has 0 aromatic heterocycles. The first-order valence-corrected chi connectivity index (χ1v) is 3.83. The summed E-state index contributed by atoms with van der Waals surface area (Å²) >= 11 is 0. The SMILES string of the molecule is C[C@H]1CC=C2CNCC2=N1. The van der Waals surface area contributed by atoms with E-state index in [9.17, 15) is 0 Å². The summed E-state index contributed by atoms with van der Waals surface area (Å²) in [6, 6.07) is 0.513. The Morgan fingerprint density at radius 1 is 1.60 bits per heavy atom. The van der Waals surface area contributed by atoms with E-state index in [2.05, 4.69) is 23.3 Å². The van der Waals surface area contributed by atoms with Crippen molar-refractivity contribution in [3.8, 4) is 0 Å². The van der Waals surface area contributed by atoms with Gasteiger partial charge in [0.05, 0.1) is 11.8 Å². The van der Waals surface area contributed by atoms with Gasteiger partial charge in [-0.2, -0.15) is 0 Å². The highest BCUT2D eigenvalue weighted by molar-refractivity contribution is 6.04. The molecule has 10 heavy (non-hydrogen) atoms. The molecule has 0 aromatic carbocycles. The second-order valence-corrected chi connectivity index (χ2v) is 2.99. The van der Waals surface area contributed by atoms with Crippen molar-refractivity contribution in [3.05, 3.63) is 11.6 Å². The highest BCUT2D eigenvalue weighted by Gasteiger charge is 2.18. The van der Waals surface area contributed by atoms with Crippen LogP contribution in [-0.2, 0) is 0 Å². The fraction of sp³-hybridized carbons (Fsp3) is 0.625. The molecule has 1 atom stereocenters. The van der Waals surface area contributed by atoms with Gasteiger partial charge in [-0.05, 0) is 18.9 Å². The van der Waals surface area contributed by atoms with Crippen molar-refractivity contribution in [1.82, 2.24) is 5.32 Å². The molecule has 0 saturated carbocycles. The summed E-state index contributed by atoms with van der Waals surface area (Å²) in [6.45, 7) is 4.18. The summed E-state index contributed by atoms with van der Waals surface area (Å²) in [5.41, 5.74) is 2.72. The lowest BCUT2D eigenvalue weighted by molar-refractivity contribution is 0.747. The first-order valence-electron chi connectivity index (χ1n) is 3.83. The lowest BCUT2D eigenvalue weighted by Gasteiger charge is -2.11. The average Bonchev–Trinajstić information content (AvgIpc) is 2.33. The summed E-state index contributed by atoms with van der Waals surface area (Å²) in [5.74, 6) is 0. The number of hydrogen-bond acceptors (Lipinski definition) is 2. The summed E-state index contributed by atoms with van der Waals surface area (Å²) in [5, 5.41) is 3.29. The van der Waals surface area contributed by atoms with Gasteiger partial charge >= 0.3 is 0 Å². The number of hydrogen-bond donors (Lipinski definition) is 1. The van der Waals surface area contributed by atoms with Crippen molar-refractivity contribution in [2.45, 2.75) is 19.4 Å². The zero-order chi connectivity index (χ0) is 6.97. The van der Waals surface area contributed by atoms with E-state index >= 15 is 0 Å². The predicted octanol–water partition coefficient (Wildman–Crippen LogP) is 0.749. The van der Waals surface area contributed by atoms with Crippen LogP contribution < -0.4 is 5.32 Å². The van der Waals surface area contributed by atoms with Gasteiger partial charge in [0.25, 0.3) is 0 Å². The number of nitrogens with zero attached hydrogens (tertiary/aromatic N) is 1. The summed E-state index contributed by atoms with van der Waals surface area (Å²) in [7, 11) is 0. The molecule has 2 nitrogen and oxygen atoms in total. The Bertz CT molecular complexity index is 203. The Morgan fingerprint density at radius 2 is 2.50 bits per heavy atom. The minimum atomic E-state index is 0.513. The lowest BCUT2D eigenvalue weighted by Crippen LogP contribution is -2.13. The van der Waals surface area contributed by atoms with E-state index in [0.29, 0.717) is 6.04 Å². The normalized spacial score (nSPS) is 31.1. The summed E-state index contributed by atoms with van der Waals surface area (Å²) in [4.78, 5) is 4.53. The van der Waals surface area contributed by atoms with Crippen LogP contribution in [0.2, 0.25) is 0 Å². The number of dihydropyridines is 1. The van der Waals surface area contributed by atoms with Gasteiger partial charge in [0.1, 0.15) is 0 Å². The highest BCUT2D eigenvalue weighted by Crippen LogP contribution is 2.14. The molecule has 0 amide bonds. The third-order valence-electron chi connectivity index (χ3n) is 2.06. The molecular weight excluding hydrogens is 124 g/mol. The quantitative estimate of drug-likeness (QED) is 0.522. The molecule has 1 saturated heterocycles. The maximum atomic E-state index is 4.53. The maximum Gasteiger partial charge on any atom is 0.0531 e. The number of fused-ring (bicyclic) bond motifs is 1. The summed E-state index contributed by atoms with van der Waals surface area (Å²) in [6.07, 6.45) is 3.44. The van der Waals surface area contributed by atoms with Crippen molar-refractivity contribution >= 4 is 5.71 Å². The molecule has 2 aliphatic heterocycles. The van der Waals surface area contributed by atoms with Crippen LogP contribution in [0.5, 0.6) is 0 Å². The van der Waals surface area contributed by atoms with Crippen molar-refractivity contribution < 1.29 is 0 Å². The van der Waals surface area contributed by atoms with Gasteiger partial charge in [-0.3, -0.25) is 4.99 Å². The van der Waals surface area contributed by atoms with Crippen molar-refractivity contribution in [3.63, 3.8) is 0 Å². The summed E-state index contributed by atoms with van der Waals surface area (Å²) < 4.78 is 0. The van der Waals surface area contributed by atoms with E-state index < -0.39 is 0 Å². The fourth-order valence-corrected chi connectivity index (χ4v) is 1.48. The minimum Gasteiger partial charge on any atom is -0.307 e. The van der Waals surface area contributed by atoms with E-state index in [1.807, 2.05) is 0 Å². The molecule has 54 valence electrons. The molecule has 0 unspecified atom stereocenters. The van der Waals surface area contributed by atoms with E-state index in [4.69, 9.17) is 0 Å². The Hall–Kier alpha value is -0.630. The predicted molar refractivity (Wildman–Crippen MR) is 42.5 cm³/mol. The number of rotatable bonds is 0. The fourth-order valence-electron chi connectivity index (χ4n) is 1.48. The average molecular weight is 136 g/mol. The van der Waals surface area contributed by atoms with E-state index in [0.717, 1.165) is 19.5 Å². The zero-order valence-electron chi connectivity index (χ0n) is 6.22. The first kappa shape index (κ1) is 6.10. The third kappa shape index (κ3) is 0.886. The van der Waals surface area contributed by atoms with Crippen LogP contribution in [-0.4, -0.2) is 24.8 Å². The standard InChI is InChI=1S/C8H12N2/c1-6-2-3-7-4-9-5-8(7)10-6/h3,6,9H,2,4-5H2,1H3/t6-/m0/s1. The molecule has 0 bridgehead atoms. The second-order valence-electron chi connectivity index (χ2n) is 2.99. The number of nitrogens with one attached hydrogen (secondary N) is 1. The highest BCUT2D eigenvalue weighted by atomic mass is 15.0. The molecule has 2 heterocycles. The Balaban J connectivity index is 2.27. The second kappa shape index (κ2) is 2.20. The van der Waals surface area contributed by atoms with E-state index in [-0.39, 0.29) is 0 Å². The van der Waals surface area contributed by atoms with Crippen molar-refractivity contribution in [1.29, 1.82) is 0 Å². The van der Waals surface area contributed by atoms with Crippen LogP contribution in [0.3, 0.4) is 0 Å². The van der Waals surface area contributed by atoms with Gasteiger partial charge in [0, 0.05) is 13.1 Å². The van der Waals surface area contributed by atoms with E-state index in [1.165, 1.54) is 11.3 Å². The van der Waals surface area contributed by atoms with Gasteiger partial charge in [-0.25, -0.2) is 0 Å². The molecule has 0 radical (unpaired) electrons. The lowest BCUT2D eigenvalue weighted by atomic mass is 10.1. The zero-order valence-corrected chi connectivity index (χ0v) is 6.22. The molecular formula is C8H12N2. The van der Waals surface area contributed by atoms with Crippen molar-refractivity contribution in [2.75, 3.05) is 13.1 Å². The molecule has 2 aliphatic rings. The molecule has 0 aromatic rings. The van der Waals surface area contributed by atoms with Crippen LogP contribution >= 0.6 is 0 Å². The van der Waals surface area contributed by atoms with Crippen LogP contribution in [0, 0.1) is 0 Å². The largest absolute Gasteiger partial charge is 0.307 e. The number of aliphatic imine (C=N–C) groups is 1. The van der Waals surface area contributed by atoms with Gasteiger partial charge in [-0.1, -0.05) is 6.08 Å². The van der Waals surface area contributed by atoms with Gasteiger partial charge in [-0.15, -0.1) is 0 Å². The van der Waals surface area contributed by atoms with Crippen molar-refractivity contribution in [2.24, 2.45) is 4.99 Å². The molecule has 0 spiro atoms. The minimum absolute atomic E-state index is 0.513. The molecule has 2 heteroatoms.